The minimum atomic E-state index is -0.677. The number of carbonyl (C=O) groups is 2. The number of aliphatic carboxylic acids is 1. The number of esters is 1. The van der Waals surface area contributed by atoms with Crippen molar-refractivity contribution in [2.24, 2.45) is 0 Å². The summed E-state index contributed by atoms with van der Waals surface area (Å²) in [6.45, 7) is 4.32. The van der Waals surface area contributed by atoms with Gasteiger partial charge in [0.2, 0.25) is 0 Å². The molecule has 1 unspecified atom stereocenters. The summed E-state index contributed by atoms with van der Waals surface area (Å²) in [6.07, 6.45) is 43.6. The van der Waals surface area contributed by atoms with E-state index in [1.807, 2.05) is 6.92 Å². The Morgan fingerprint density at radius 2 is 0.860 bits per heavy atom. The van der Waals surface area contributed by atoms with Crippen molar-refractivity contribution in [3.05, 3.63) is 12.2 Å². The fourth-order valence-corrected chi connectivity index (χ4v) is 5.87. The van der Waals surface area contributed by atoms with Crippen molar-refractivity contribution >= 4 is 11.9 Å². The second kappa shape index (κ2) is 35.2. The Kier molecular flexibility index (Phi) is 34.1. The van der Waals surface area contributed by atoms with Gasteiger partial charge in [0.15, 0.2) is 0 Å². The van der Waals surface area contributed by atoms with E-state index in [9.17, 15) is 9.59 Å². The van der Waals surface area contributed by atoms with E-state index in [1.54, 1.807) is 0 Å². The molecule has 4 heteroatoms. The normalized spacial score (nSPS) is 12.2. The summed E-state index contributed by atoms with van der Waals surface area (Å²) in [7, 11) is 0. The first-order valence-electron chi connectivity index (χ1n) is 19.1. The Labute approximate surface area is 268 Å². The molecule has 0 aromatic rings. The summed E-state index contributed by atoms with van der Waals surface area (Å²) in [4.78, 5) is 22.6. The minimum Gasteiger partial charge on any atom is -0.481 e. The van der Waals surface area contributed by atoms with Crippen LogP contribution < -0.4 is 0 Å². The average molecular weight is 607 g/mol. The molecule has 0 saturated heterocycles. The molecule has 0 aliphatic carbocycles. The van der Waals surface area contributed by atoms with Crippen LogP contribution in [0.1, 0.15) is 219 Å². The van der Waals surface area contributed by atoms with Gasteiger partial charge in [0.25, 0.3) is 0 Å². The van der Waals surface area contributed by atoms with Crippen LogP contribution in [-0.2, 0) is 14.3 Å². The third-order valence-electron chi connectivity index (χ3n) is 8.73. The molecule has 0 aliphatic rings. The van der Waals surface area contributed by atoms with E-state index in [2.05, 4.69) is 19.1 Å². The first-order chi connectivity index (χ1) is 21.1. The third kappa shape index (κ3) is 36.8. The molecule has 4 nitrogen and oxygen atoms in total. The van der Waals surface area contributed by atoms with E-state index in [4.69, 9.17) is 9.84 Å². The van der Waals surface area contributed by atoms with E-state index >= 15 is 0 Å². The van der Waals surface area contributed by atoms with Crippen LogP contribution >= 0.6 is 0 Å². The highest BCUT2D eigenvalue weighted by molar-refractivity contribution is 5.69. The van der Waals surface area contributed by atoms with Crippen molar-refractivity contribution in [3.63, 3.8) is 0 Å². The molecule has 43 heavy (non-hydrogen) atoms. The predicted octanol–water partition coefficient (Wildman–Crippen LogP) is 13.1. The number of hydrogen-bond donors (Lipinski definition) is 1. The zero-order valence-electron chi connectivity index (χ0n) is 29.0. The van der Waals surface area contributed by atoms with Gasteiger partial charge in [0, 0.05) is 12.8 Å². The smallest absolute Gasteiger partial charge is 0.306 e. The molecular weight excluding hydrogens is 532 g/mol. The van der Waals surface area contributed by atoms with Crippen LogP contribution in [0.2, 0.25) is 0 Å². The monoisotopic (exact) mass is 607 g/mol. The molecule has 0 amide bonds. The molecule has 0 aliphatic heterocycles. The lowest BCUT2D eigenvalue weighted by atomic mass is 10.0. The van der Waals surface area contributed by atoms with Gasteiger partial charge in [0.1, 0.15) is 0 Å². The van der Waals surface area contributed by atoms with Crippen LogP contribution in [0.25, 0.3) is 0 Å². The number of unbranched alkanes of at least 4 members (excludes halogenated alkanes) is 26. The number of ether oxygens (including phenoxy) is 1. The first kappa shape index (κ1) is 41.7. The maximum Gasteiger partial charge on any atom is 0.306 e. The third-order valence-corrected chi connectivity index (χ3v) is 8.73. The van der Waals surface area contributed by atoms with Gasteiger partial charge < -0.3 is 9.84 Å². The fourth-order valence-electron chi connectivity index (χ4n) is 5.87. The Morgan fingerprint density at radius 1 is 0.512 bits per heavy atom. The Bertz CT molecular complexity index is 614. The zero-order chi connectivity index (χ0) is 31.5. The van der Waals surface area contributed by atoms with E-state index in [1.165, 1.54) is 148 Å². The standard InChI is InChI=1S/C39H74O4/c1-3-4-5-6-7-8-9-10-11-12-13-14-15-16-17-18-19-24-27-30-33-36-39(42)43-37(2)34-31-28-25-22-20-21-23-26-29-32-35-38(40)41/h10-11,37H,3-9,12-36H2,1-2H3,(H,40,41)/b11-10-. The van der Waals surface area contributed by atoms with Crippen molar-refractivity contribution in [1.82, 2.24) is 0 Å². The predicted molar refractivity (Wildman–Crippen MR) is 186 cm³/mol. The quantitative estimate of drug-likeness (QED) is 0.0443. The molecule has 0 aromatic carbocycles. The lowest BCUT2D eigenvalue weighted by Crippen LogP contribution is -2.14. The van der Waals surface area contributed by atoms with Gasteiger partial charge in [-0.15, -0.1) is 0 Å². The van der Waals surface area contributed by atoms with Crippen molar-refractivity contribution in [1.29, 1.82) is 0 Å². The molecule has 0 fully saturated rings. The SMILES string of the molecule is CCCCCCCC/C=C\CCCCCCCCCCCCCC(=O)OC(C)CCCCCCCCCCCCC(=O)O. The molecule has 0 radical (unpaired) electrons. The van der Waals surface area contributed by atoms with Crippen molar-refractivity contribution < 1.29 is 19.4 Å². The molecule has 254 valence electrons. The Balaban J connectivity index is 3.29. The second-order valence-corrected chi connectivity index (χ2v) is 13.2. The lowest BCUT2D eigenvalue weighted by molar-refractivity contribution is -0.148. The highest BCUT2D eigenvalue weighted by Gasteiger charge is 2.09. The summed E-state index contributed by atoms with van der Waals surface area (Å²) in [5.41, 5.74) is 0. The van der Waals surface area contributed by atoms with Gasteiger partial charge in [0.05, 0.1) is 6.10 Å². The second-order valence-electron chi connectivity index (χ2n) is 13.2. The fraction of sp³-hybridized carbons (Fsp3) is 0.897. The number of hydrogen-bond acceptors (Lipinski definition) is 3. The average Bonchev–Trinajstić information content (AvgIpc) is 2.98. The van der Waals surface area contributed by atoms with Crippen LogP contribution in [0.5, 0.6) is 0 Å². The van der Waals surface area contributed by atoms with E-state index in [-0.39, 0.29) is 12.1 Å². The van der Waals surface area contributed by atoms with E-state index in [0.29, 0.717) is 12.8 Å². The molecule has 0 heterocycles. The molecule has 1 atom stereocenters. The molecule has 0 saturated carbocycles. The minimum absolute atomic E-state index is 0.0100. The van der Waals surface area contributed by atoms with Gasteiger partial charge in [-0.25, -0.2) is 0 Å². The van der Waals surface area contributed by atoms with Gasteiger partial charge in [-0.2, -0.15) is 0 Å². The van der Waals surface area contributed by atoms with Crippen LogP contribution in [0, 0.1) is 0 Å². The van der Waals surface area contributed by atoms with Crippen molar-refractivity contribution in [3.8, 4) is 0 Å². The first-order valence-corrected chi connectivity index (χ1v) is 19.1. The number of rotatable bonds is 35. The van der Waals surface area contributed by atoms with Crippen molar-refractivity contribution in [2.45, 2.75) is 225 Å². The molecular formula is C39H74O4. The number of carboxylic acid groups (broad SMARTS) is 1. The van der Waals surface area contributed by atoms with Crippen molar-refractivity contribution in [2.75, 3.05) is 0 Å². The Morgan fingerprint density at radius 3 is 1.28 bits per heavy atom. The van der Waals surface area contributed by atoms with Gasteiger partial charge >= 0.3 is 11.9 Å². The maximum absolute atomic E-state index is 12.1. The number of allylic oxidation sites excluding steroid dienone is 2. The molecule has 1 N–H and O–H groups in total. The van der Waals surface area contributed by atoms with Gasteiger partial charge in [-0.1, -0.05) is 160 Å². The highest BCUT2D eigenvalue weighted by Crippen LogP contribution is 2.16. The molecule has 0 spiro atoms. The molecule has 0 rings (SSSR count). The van der Waals surface area contributed by atoms with Crippen LogP contribution in [-0.4, -0.2) is 23.1 Å². The van der Waals surface area contributed by atoms with Crippen LogP contribution in [0.3, 0.4) is 0 Å². The summed E-state index contributed by atoms with van der Waals surface area (Å²) >= 11 is 0. The lowest BCUT2D eigenvalue weighted by Gasteiger charge is -2.13. The van der Waals surface area contributed by atoms with Crippen LogP contribution in [0.15, 0.2) is 12.2 Å². The summed E-state index contributed by atoms with van der Waals surface area (Å²) in [6, 6.07) is 0. The van der Waals surface area contributed by atoms with Gasteiger partial charge in [-0.3, -0.25) is 9.59 Å². The number of carbonyl (C=O) groups excluding carboxylic acids is 1. The topological polar surface area (TPSA) is 63.6 Å². The van der Waals surface area contributed by atoms with Gasteiger partial charge in [-0.05, 0) is 58.3 Å². The molecule has 0 bridgehead atoms. The summed E-state index contributed by atoms with van der Waals surface area (Å²) in [5.74, 6) is -0.687. The zero-order valence-corrected chi connectivity index (χ0v) is 29.0. The summed E-state index contributed by atoms with van der Waals surface area (Å²) in [5, 5.41) is 8.64. The van der Waals surface area contributed by atoms with E-state index in [0.717, 1.165) is 44.9 Å². The maximum atomic E-state index is 12.1. The largest absolute Gasteiger partial charge is 0.481 e. The highest BCUT2D eigenvalue weighted by atomic mass is 16.5. The van der Waals surface area contributed by atoms with E-state index < -0.39 is 5.97 Å². The van der Waals surface area contributed by atoms with Crippen LogP contribution in [0.4, 0.5) is 0 Å². The molecule has 0 aromatic heterocycles. The summed E-state index contributed by atoms with van der Waals surface area (Å²) < 4.78 is 5.62. The number of carboxylic acids is 1. The Hall–Kier alpha value is -1.32.